The van der Waals surface area contributed by atoms with Crippen molar-refractivity contribution in [2.45, 2.75) is 26.7 Å². The summed E-state index contributed by atoms with van der Waals surface area (Å²) in [6.07, 6.45) is 4.12. The van der Waals surface area contributed by atoms with Gasteiger partial charge in [-0.15, -0.1) is 0 Å². The smallest absolute Gasteiger partial charge is 0.123 e. The summed E-state index contributed by atoms with van der Waals surface area (Å²) in [6, 6.07) is 0. The van der Waals surface area contributed by atoms with Crippen LogP contribution in [0, 0.1) is 23.7 Å². The van der Waals surface area contributed by atoms with Gasteiger partial charge in [-0.1, -0.05) is 13.8 Å². The lowest BCUT2D eigenvalue weighted by Crippen LogP contribution is -2.21. The van der Waals surface area contributed by atoms with E-state index in [1.165, 1.54) is 0 Å². The number of hydrogen-bond acceptors (Lipinski definition) is 2. The zero-order valence-corrected chi connectivity index (χ0v) is 7.69. The second-order valence-corrected chi connectivity index (χ2v) is 3.93. The summed E-state index contributed by atoms with van der Waals surface area (Å²) >= 11 is 0. The topological polar surface area (TPSA) is 34.1 Å². The van der Waals surface area contributed by atoms with Crippen molar-refractivity contribution in [2.24, 2.45) is 23.7 Å². The molecule has 0 radical (unpaired) electrons. The van der Waals surface area contributed by atoms with Crippen LogP contribution in [0.4, 0.5) is 0 Å². The fraction of sp³-hybridized carbons (Fsp3) is 0.800. The Morgan fingerprint density at radius 3 is 2.50 bits per heavy atom. The molecule has 12 heavy (non-hydrogen) atoms. The SMILES string of the molecule is C[C@H](C=O)[C@H]1CC[C@H](C)[C@@H]1C=O. The maximum Gasteiger partial charge on any atom is 0.123 e. The molecule has 0 amide bonds. The minimum Gasteiger partial charge on any atom is -0.303 e. The molecule has 68 valence electrons. The normalized spacial score (nSPS) is 37.7. The number of rotatable bonds is 3. The lowest BCUT2D eigenvalue weighted by atomic mass is 9.84. The van der Waals surface area contributed by atoms with Crippen LogP contribution in [0.1, 0.15) is 26.7 Å². The summed E-state index contributed by atoms with van der Waals surface area (Å²) in [6.45, 7) is 4.00. The predicted octanol–water partition coefficient (Wildman–Crippen LogP) is 1.68. The maximum atomic E-state index is 10.7. The standard InChI is InChI=1S/C10H16O2/c1-7-3-4-9(8(2)5-11)10(7)6-12/h5-10H,3-4H2,1-2H3/t7-,8+,9+,10-/m0/s1. The number of carbonyl (C=O) groups is 2. The molecule has 0 aromatic heterocycles. The van der Waals surface area contributed by atoms with E-state index in [1.807, 2.05) is 6.92 Å². The first-order valence-corrected chi connectivity index (χ1v) is 4.61. The Kier molecular flexibility index (Phi) is 3.01. The van der Waals surface area contributed by atoms with Gasteiger partial charge in [-0.25, -0.2) is 0 Å². The van der Waals surface area contributed by atoms with Crippen LogP contribution in [0.15, 0.2) is 0 Å². The van der Waals surface area contributed by atoms with E-state index in [0.29, 0.717) is 11.8 Å². The van der Waals surface area contributed by atoms with Gasteiger partial charge in [0.15, 0.2) is 0 Å². The molecule has 1 fully saturated rings. The molecule has 1 aliphatic carbocycles. The second kappa shape index (κ2) is 3.83. The van der Waals surface area contributed by atoms with E-state index in [9.17, 15) is 9.59 Å². The van der Waals surface area contributed by atoms with Gasteiger partial charge in [-0.2, -0.15) is 0 Å². The molecule has 0 spiro atoms. The molecular weight excluding hydrogens is 152 g/mol. The average Bonchev–Trinajstić information content (AvgIpc) is 2.45. The van der Waals surface area contributed by atoms with E-state index in [0.717, 1.165) is 25.4 Å². The highest BCUT2D eigenvalue weighted by Gasteiger charge is 2.35. The first-order chi connectivity index (χ1) is 5.70. The van der Waals surface area contributed by atoms with Gasteiger partial charge in [-0.05, 0) is 24.7 Å². The molecule has 0 aromatic rings. The highest BCUT2D eigenvalue weighted by molar-refractivity contribution is 5.59. The molecule has 0 unspecified atom stereocenters. The largest absolute Gasteiger partial charge is 0.303 e. The number of hydrogen-bond donors (Lipinski definition) is 0. The van der Waals surface area contributed by atoms with E-state index >= 15 is 0 Å². The van der Waals surface area contributed by atoms with E-state index in [1.54, 1.807) is 0 Å². The van der Waals surface area contributed by atoms with Crippen molar-refractivity contribution in [3.05, 3.63) is 0 Å². The van der Waals surface area contributed by atoms with Gasteiger partial charge in [0, 0.05) is 11.8 Å². The van der Waals surface area contributed by atoms with Gasteiger partial charge in [0.25, 0.3) is 0 Å². The van der Waals surface area contributed by atoms with Crippen LogP contribution in [-0.4, -0.2) is 12.6 Å². The van der Waals surface area contributed by atoms with E-state index in [4.69, 9.17) is 0 Å². The van der Waals surface area contributed by atoms with E-state index < -0.39 is 0 Å². The molecule has 1 saturated carbocycles. The fourth-order valence-corrected chi connectivity index (χ4v) is 2.21. The van der Waals surface area contributed by atoms with Crippen LogP contribution < -0.4 is 0 Å². The Bertz CT molecular complexity index is 177. The third-order valence-electron chi connectivity index (χ3n) is 3.15. The van der Waals surface area contributed by atoms with Crippen LogP contribution in [0.2, 0.25) is 0 Å². The Morgan fingerprint density at radius 1 is 1.33 bits per heavy atom. The van der Waals surface area contributed by atoms with E-state index in [-0.39, 0.29) is 11.8 Å². The van der Waals surface area contributed by atoms with Crippen LogP contribution in [0.25, 0.3) is 0 Å². The average molecular weight is 168 g/mol. The highest BCUT2D eigenvalue weighted by atomic mass is 16.1. The zero-order valence-electron chi connectivity index (χ0n) is 7.69. The van der Waals surface area contributed by atoms with Crippen LogP contribution in [-0.2, 0) is 9.59 Å². The summed E-state index contributed by atoms with van der Waals surface area (Å²) in [5, 5.41) is 0. The monoisotopic (exact) mass is 168 g/mol. The molecule has 1 rings (SSSR count). The van der Waals surface area contributed by atoms with Crippen molar-refractivity contribution in [1.29, 1.82) is 0 Å². The van der Waals surface area contributed by atoms with Crippen LogP contribution in [0.3, 0.4) is 0 Å². The minimum absolute atomic E-state index is 0.0464. The first kappa shape index (κ1) is 9.43. The summed E-state index contributed by atoms with van der Waals surface area (Å²) < 4.78 is 0. The van der Waals surface area contributed by atoms with Gasteiger partial charge in [0.1, 0.15) is 12.6 Å². The van der Waals surface area contributed by atoms with Crippen molar-refractivity contribution in [3.63, 3.8) is 0 Å². The summed E-state index contributed by atoms with van der Waals surface area (Å²) in [5.74, 6) is 0.931. The fourth-order valence-electron chi connectivity index (χ4n) is 2.21. The summed E-state index contributed by atoms with van der Waals surface area (Å²) in [7, 11) is 0. The van der Waals surface area contributed by atoms with Crippen LogP contribution >= 0.6 is 0 Å². The molecule has 0 aromatic carbocycles. The van der Waals surface area contributed by atoms with E-state index in [2.05, 4.69) is 6.92 Å². The number of carbonyl (C=O) groups excluding carboxylic acids is 2. The zero-order chi connectivity index (χ0) is 9.14. The van der Waals surface area contributed by atoms with Gasteiger partial charge in [-0.3, -0.25) is 0 Å². The van der Waals surface area contributed by atoms with Crippen molar-refractivity contribution < 1.29 is 9.59 Å². The van der Waals surface area contributed by atoms with Crippen molar-refractivity contribution in [1.82, 2.24) is 0 Å². The molecule has 2 heteroatoms. The third kappa shape index (κ3) is 1.57. The van der Waals surface area contributed by atoms with Gasteiger partial charge >= 0.3 is 0 Å². The Hall–Kier alpha value is -0.660. The Balaban J connectivity index is 2.65. The maximum absolute atomic E-state index is 10.7. The molecule has 0 heterocycles. The second-order valence-electron chi connectivity index (χ2n) is 3.93. The molecule has 1 aliphatic rings. The quantitative estimate of drug-likeness (QED) is 0.601. The van der Waals surface area contributed by atoms with Crippen molar-refractivity contribution in [3.8, 4) is 0 Å². The molecule has 0 saturated heterocycles. The Labute approximate surface area is 73.3 Å². The van der Waals surface area contributed by atoms with Gasteiger partial charge in [0.2, 0.25) is 0 Å². The first-order valence-electron chi connectivity index (χ1n) is 4.61. The number of aldehydes is 2. The van der Waals surface area contributed by atoms with Crippen molar-refractivity contribution >= 4 is 12.6 Å². The lowest BCUT2D eigenvalue weighted by molar-refractivity contribution is -0.116. The lowest BCUT2D eigenvalue weighted by Gasteiger charge is -2.19. The molecule has 2 nitrogen and oxygen atoms in total. The molecular formula is C10H16O2. The summed E-state index contributed by atoms with van der Waals surface area (Å²) in [5.41, 5.74) is 0. The molecule has 4 atom stereocenters. The summed E-state index contributed by atoms with van der Waals surface area (Å²) in [4.78, 5) is 21.3. The third-order valence-corrected chi connectivity index (χ3v) is 3.15. The predicted molar refractivity (Wildman–Crippen MR) is 46.7 cm³/mol. The molecule has 0 bridgehead atoms. The highest BCUT2D eigenvalue weighted by Crippen LogP contribution is 2.39. The molecule has 0 aliphatic heterocycles. The molecule has 0 N–H and O–H groups in total. The van der Waals surface area contributed by atoms with Crippen LogP contribution in [0.5, 0.6) is 0 Å². The van der Waals surface area contributed by atoms with Gasteiger partial charge < -0.3 is 9.59 Å². The van der Waals surface area contributed by atoms with Crippen molar-refractivity contribution in [2.75, 3.05) is 0 Å². The van der Waals surface area contributed by atoms with Gasteiger partial charge in [0.05, 0.1) is 0 Å². The Morgan fingerprint density at radius 2 is 2.00 bits per heavy atom. The minimum atomic E-state index is 0.0464.